The second kappa shape index (κ2) is 11.0. The number of para-hydroxylation sites is 1. The van der Waals surface area contributed by atoms with E-state index in [0.29, 0.717) is 10.6 Å². The maximum Gasteiger partial charge on any atom is 0.271 e. The summed E-state index contributed by atoms with van der Waals surface area (Å²) in [5.74, 6) is 0.552. The van der Waals surface area contributed by atoms with Crippen molar-refractivity contribution in [3.63, 3.8) is 0 Å². The van der Waals surface area contributed by atoms with E-state index in [-0.39, 0.29) is 5.91 Å². The van der Waals surface area contributed by atoms with Crippen LogP contribution in [-0.2, 0) is 5.75 Å². The molecule has 0 bridgehead atoms. The smallest absolute Gasteiger partial charge is 0.271 e. The Morgan fingerprint density at radius 3 is 2.41 bits per heavy atom. The Balaban J connectivity index is 1.37. The van der Waals surface area contributed by atoms with E-state index in [4.69, 9.17) is 23.2 Å². The molecule has 0 spiro atoms. The first-order valence-electron chi connectivity index (χ1n) is 10.7. The van der Waals surface area contributed by atoms with Crippen molar-refractivity contribution in [1.82, 2.24) is 9.99 Å². The average molecular weight is 508 g/mol. The normalized spacial score (nSPS) is 11.2. The van der Waals surface area contributed by atoms with Crippen molar-refractivity contribution in [3.8, 4) is 5.69 Å². The largest absolute Gasteiger partial charge is 0.316 e. The summed E-state index contributed by atoms with van der Waals surface area (Å²) in [6.45, 7) is 4.01. The Hall–Kier alpha value is -2.99. The fourth-order valence-electron chi connectivity index (χ4n) is 3.60. The van der Waals surface area contributed by atoms with Gasteiger partial charge in [-0.15, -0.1) is 11.8 Å². The molecule has 4 nitrogen and oxygen atoms in total. The minimum Gasteiger partial charge on any atom is -0.316 e. The van der Waals surface area contributed by atoms with Crippen LogP contribution in [0.15, 0.2) is 88.9 Å². The number of hydrogen-bond donors (Lipinski definition) is 1. The van der Waals surface area contributed by atoms with Crippen LogP contribution in [0.5, 0.6) is 0 Å². The summed E-state index contributed by atoms with van der Waals surface area (Å²) in [6, 6.07) is 25.0. The van der Waals surface area contributed by atoms with Crippen LogP contribution in [0.1, 0.15) is 32.9 Å². The van der Waals surface area contributed by atoms with Crippen LogP contribution in [0.3, 0.4) is 0 Å². The number of halogens is 2. The van der Waals surface area contributed by atoms with Crippen LogP contribution in [0.2, 0.25) is 10.0 Å². The quantitative estimate of drug-likeness (QED) is 0.160. The highest BCUT2D eigenvalue weighted by Gasteiger charge is 2.12. The highest BCUT2D eigenvalue weighted by atomic mass is 35.5. The Labute approximate surface area is 213 Å². The lowest BCUT2D eigenvalue weighted by Crippen LogP contribution is -2.17. The van der Waals surface area contributed by atoms with Gasteiger partial charge in [-0.3, -0.25) is 4.79 Å². The van der Waals surface area contributed by atoms with Gasteiger partial charge in [0, 0.05) is 38.2 Å². The van der Waals surface area contributed by atoms with Gasteiger partial charge < -0.3 is 4.57 Å². The summed E-state index contributed by atoms with van der Waals surface area (Å²) < 4.78 is 2.08. The van der Waals surface area contributed by atoms with Gasteiger partial charge in [0.25, 0.3) is 5.91 Å². The molecule has 0 saturated carbocycles. The van der Waals surface area contributed by atoms with Crippen molar-refractivity contribution in [2.75, 3.05) is 0 Å². The van der Waals surface area contributed by atoms with E-state index in [0.717, 1.165) is 43.9 Å². The third-order valence-electron chi connectivity index (χ3n) is 5.37. The van der Waals surface area contributed by atoms with Crippen LogP contribution in [0.25, 0.3) is 5.69 Å². The summed E-state index contributed by atoms with van der Waals surface area (Å²) in [5, 5.41) is 5.57. The molecule has 1 aromatic heterocycles. The molecule has 4 rings (SSSR count). The lowest BCUT2D eigenvalue weighted by molar-refractivity contribution is 0.0955. The van der Waals surface area contributed by atoms with Crippen LogP contribution >= 0.6 is 35.0 Å². The summed E-state index contributed by atoms with van der Waals surface area (Å²) in [5.41, 5.74) is 8.15. The number of carbonyl (C=O) groups is 1. The minimum absolute atomic E-state index is 0.256. The van der Waals surface area contributed by atoms with Crippen molar-refractivity contribution < 1.29 is 4.79 Å². The summed E-state index contributed by atoms with van der Waals surface area (Å²) in [4.78, 5) is 13.7. The molecule has 1 heterocycles. The van der Waals surface area contributed by atoms with E-state index < -0.39 is 0 Å². The molecule has 0 radical (unpaired) electrons. The summed E-state index contributed by atoms with van der Waals surface area (Å²) in [7, 11) is 0. The standard InChI is InChI=1S/C27H23Cl2N3OS/c1-18-15-22(19(2)32(18)26-6-4-3-5-25(26)29)16-30-31-27(33)21-9-7-20(8-10-21)17-34-24-13-11-23(28)12-14-24/h3-16H,17H2,1-2H3,(H,31,33)/b30-16-. The van der Waals surface area contributed by atoms with Crippen molar-refractivity contribution in [3.05, 3.63) is 117 Å². The Bertz CT molecular complexity index is 1330. The lowest BCUT2D eigenvalue weighted by atomic mass is 10.1. The van der Waals surface area contributed by atoms with Gasteiger partial charge in [0.1, 0.15) is 0 Å². The molecule has 172 valence electrons. The molecular weight excluding hydrogens is 485 g/mol. The van der Waals surface area contributed by atoms with E-state index >= 15 is 0 Å². The van der Waals surface area contributed by atoms with E-state index in [9.17, 15) is 4.79 Å². The highest BCUT2D eigenvalue weighted by molar-refractivity contribution is 7.98. The maximum absolute atomic E-state index is 12.5. The molecule has 3 aromatic carbocycles. The molecule has 1 N–H and O–H groups in total. The third-order valence-corrected chi connectivity index (χ3v) is 7.02. The number of carbonyl (C=O) groups excluding carboxylic acids is 1. The molecule has 0 aliphatic rings. The van der Waals surface area contributed by atoms with Crippen molar-refractivity contribution >= 4 is 47.1 Å². The van der Waals surface area contributed by atoms with Gasteiger partial charge in [-0.05, 0) is 74.0 Å². The Morgan fingerprint density at radius 2 is 1.71 bits per heavy atom. The molecule has 0 aliphatic heterocycles. The first kappa shape index (κ1) is 24.1. The molecule has 0 aliphatic carbocycles. The Kier molecular flexibility index (Phi) is 7.78. The number of hydrazone groups is 1. The number of rotatable bonds is 7. The Morgan fingerprint density at radius 1 is 1.00 bits per heavy atom. The molecule has 0 saturated heterocycles. The number of hydrogen-bond acceptors (Lipinski definition) is 3. The van der Waals surface area contributed by atoms with Gasteiger partial charge in [-0.2, -0.15) is 5.10 Å². The summed E-state index contributed by atoms with van der Waals surface area (Å²) in [6.07, 6.45) is 1.66. The van der Waals surface area contributed by atoms with Gasteiger partial charge in [0.05, 0.1) is 16.9 Å². The fourth-order valence-corrected chi connectivity index (χ4v) is 4.80. The number of thioether (sulfide) groups is 1. The van der Waals surface area contributed by atoms with Crippen molar-refractivity contribution in [1.29, 1.82) is 0 Å². The zero-order valence-electron chi connectivity index (χ0n) is 18.8. The second-order valence-corrected chi connectivity index (χ2v) is 9.64. The predicted octanol–water partition coefficient (Wildman–Crippen LogP) is 7.46. The second-order valence-electron chi connectivity index (χ2n) is 7.75. The third kappa shape index (κ3) is 5.73. The average Bonchev–Trinajstić information content (AvgIpc) is 3.12. The molecule has 0 unspecified atom stereocenters. The molecule has 0 atom stereocenters. The molecule has 4 aromatic rings. The van der Waals surface area contributed by atoms with Gasteiger partial charge >= 0.3 is 0 Å². The van der Waals surface area contributed by atoms with E-state index in [1.165, 1.54) is 0 Å². The number of aromatic nitrogens is 1. The first-order chi connectivity index (χ1) is 16.4. The molecule has 0 fully saturated rings. The van der Waals surface area contributed by atoms with Crippen molar-refractivity contribution in [2.24, 2.45) is 5.10 Å². The van der Waals surface area contributed by atoms with E-state index in [1.54, 1.807) is 18.0 Å². The zero-order valence-corrected chi connectivity index (χ0v) is 21.1. The van der Waals surface area contributed by atoms with Crippen molar-refractivity contribution in [2.45, 2.75) is 24.5 Å². The van der Waals surface area contributed by atoms with E-state index in [1.807, 2.05) is 92.7 Å². The van der Waals surface area contributed by atoms with Crippen LogP contribution in [0.4, 0.5) is 0 Å². The van der Waals surface area contributed by atoms with Gasteiger partial charge in [-0.25, -0.2) is 5.43 Å². The predicted molar refractivity (Wildman–Crippen MR) is 143 cm³/mol. The molecule has 34 heavy (non-hydrogen) atoms. The van der Waals surface area contributed by atoms with Gasteiger partial charge in [0.2, 0.25) is 0 Å². The number of amides is 1. The number of nitrogens with zero attached hydrogens (tertiary/aromatic N) is 2. The number of aryl methyl sites for hydroxylation is 1. The van der Waals surface area contributed by atoms with Gasteiger partial charge in [-0.1, -0.05) is 47.5 Å². The van der Waals surface area contributed by atoms with E-state index in [2.05, 4.69) is 15.1 Å². The van der Waals surface area contributed by atoms with Crippen LogP contribution in [0, 0.1) is 13.8 Å². The monoisotopic (exact) mass is 507 g/mol. The topological polar surface area (TPSA) is 46.4 Å². The van der Waals surface area contributed by atoms with Gasteiger partial charge in [0.15, 0.2) is 0 Å². The van der Waals surface area contributed by atoms with Crippen LogP contribution < -0.4 is 5.43 Å². The zero-order chi connectivity index (χ0) is 24.1. The minimum atomic E-state index is -0.256. The fraction of sp³-hybridized carbons (Fsp3) is 0.111. The number of nitrogens with one attached hydrogen (secondary N) is 1. The molecular formula is C27H23Cl2N3OS. The lowest BCUT2D eigenvalue weighted by Gasteiger charge is -2.11. The molecule has 1 amide bonds. The molecule has 7 heteroatoms. The van der Waals surface area contributed by atoms with Crippen LogP contribution in [-0.4, -0.2) is 16.7 Å². The number of benzene rings is 3. The maximum atomic E-state index is 12.5. The summed E-state index contributed by atoms with van der Waals surface area (Å²) >= 11 is 14.0. The first-order valence-corrected chi connectivity index (χ1v) is 12.4. The SMILES string of the molecule is Cc1cc(/C=N\NC(=O)c2ccc(CSc3ccc(Cl)cc3)cc2)c(C)n1-c1ccccc1Cl. The highest BCUT2D eigenvalue weighted by Crippen LogP contribution is 2.26.